The molecule has 8 nitrogen and oxygen atoms in total. The Morgan fingerprint density at radius 2 is 2.38 bits per heavy atom. The number of hydrogen-bond acceptors (Lipinski definition) is 7. The van der Waals surface area contributed by atoms with Gasteiger partial charge in [-0.1, -0.05) is 6.92 Å². The third-order valence-corrected chi connectivity index (χ3v) is 3.98. The molecule has 3 atom stereocenters. The van der Waals surface area contributed by atoms with Crippen LogP contribution in [0.2, 0.25) is 0 Å². The topological polar surface area (TPSA) is 96.6 Å². The fraction of sp³-hybridized carbons (Fsp3) is 0.462. The van der Waals surface area contributed by atoms with Crippen molar-refractivity contribution in [1.29, 1.82) is 0 Å². The molecule has 8 heteroatoms. The van der Waals surface area contributed by atoms with Gasteiger partial charge in [-0.25, -0.2) is 15.0 Å². The third-order valence-electron chi connectivity index (χ3n) is 3.98. The molecule has 3 N–H and O–H groups in total. The SMILES string of the molecule is C[C@H]1C[C@@H](CO)O[C@H]1n1cc2c3c(ncnc31)NNC=N2. The van der Waals surface area contributed by atoms with Crippen LogP contribution in [0.1, 0.15) is 19.6 Å². The standard InChI is InChI=1S/C13H16N6O2/c1-7-2-8(4-20)21-13(7)19-3-9-10-11(18-17-6-14-9)15-5-16-12(10)19/h3,5-8,13,20H,2,4H2,1H3,(H,14,17)(H,15,16,18)/t7-,8-,13+/m0/s1. The van der Waals surface area contributed by atoms with Crippen LogP contribution >= 0.6 is 0 Å². The molecule has 0 aromatic carbocycles. The molecule has 0 bridgehead atoms. The molecule has 0 unspecified atom stereocenters. The average Bonchev–Trinajstić information content (AvgIpc) is 2.97. The molecule has 0 radical (unpaired) electrons. The number of nitrogens with one attached hydrogen (secondary N) is 2. The van der Waals surface area contributed by atoms with E-state index in [4.69, 9.17) is 4.74 Å². The van der Waals surface area contributed by atoms with E-state index in [9.17, 15) is 5.11 Å². The highest BCUT2D eigenvalue weighted by Gasteiger charge is 2.34. The van der Waals surface area contributed by atoms with E-state index in [2.05, 4.69) is 32.7 Å². The van der Waals surface area contributed by atoms with Crippen LogP contribution in [0, 0.1) is 5.92 Å². The Labute approximate surface area is 120 Å². The molecule has 0 saturated carbocycles. The number of aliphatic hydroxyl groups excluding tert-OH is 1. The summed E-state index contributed by atoms with van der Waals surface area (Å²) in [6, 6.07) is 0. The molecule has 1 fully saturated rings. The zero-order valence-electron chi connectivity index (χ0n) is 11.5. The van der Waals surface area contributed by atoms with Crippen molar-refractivity contribution in [3.63, 3.8) is 0 Å². The lowest BCUT2D eigenvalue weighted by molar-refractivity contribution is -0.0291. The second kappa shape index (κ2) is 4.68. The first-order chi connectivity index (χ1) is 10.3. The van der Waals surface area contributed by atoms with Crippen molar-refractivity contribution in [1.82, 2.24) is 20.0 Å². The molecule has 0 spiro atoms. The average molecular weight is 288 g/mol. The predicted molar refractivity (Wildman–Crippen MR) is 77.2 cm³/mol. The van der Waals surface area contributed by atoms with E-state index < -0.39 is 0 Å². The molecule has 0 amide bonds. The van der Waals surface area contributed by atoms with E-state index >= 15 is 0 Å². The second-order valence-electron chi connectivity index (χ2n) is 5.41. The van der Waals surface area contributed by atoms with Gasteiger partial charge in [0.1, 0.15) is 24.5 Å². The minimum atomic E-state index is -0.149. The molecule has 21 heavy (non-hydrogen) atoms. The molecule has 2 aromatic rings. The Hall–Kier alpha value is -2.19. The smallest absolute Gasteiger partial charge is 0.159 e. The molecular weight excluding hydrogens is 272 g/mol. The number of aliphatic imine (C=N–C) groups is 1. The molecule has 4 rings (SSSR count). The summed E-state index contributed by atoms with van der Waals surface area (Å²) in [4.78, 5) is 13.0. The van der Waals surface area contributed by atoms with Crippen LogP contribution in [-0.4, -0.2) is 38.7 Å². The fourth-order valence-electron chi connectivity index (χ4n) is 3.03. The highest BCUT2D eigenvalue weighted by atomic mass is 16.5. The number of anilines is 1. The summed E-state index contributed by atoms with van der Waals surface area (Å²) in [6.07, 6.45) is 5.58. The lowest BCUT2D eigenvalue weighted by Crippen LogP contribution is -2.19. The van der Waals surface area contributed by atoms with Gasteiger partial charge in [0.15, 0.2) is 5.82 Å². The summed E-state index contributed by atoms with van der Waals surface area (Å²) in [5.74, 6) is 0.984. The van der Waals surface area contributed by atoms with Gasteiger partial charge in [-0.05, 0) is 6.42 Å². The van der Waals surface area contributed by atoms with E-state index in [0.29, 0.717) is 11.7 Å². The highest BCUT2D eigenvalue weighted by Crippen LogP contribution is 2.40. The highest BCUT2D eigenvalue weighted by molar-refractivity contribution is 5.99. The predicted octanol–water partition coefficient (Wildman–Crippen LogP) is 0.937. The van der Waals surface area contributed by atoms with Crippen LogP contribution in [0.3, 0.4) is 0 Å². The summed E-state index contributed by atoms with van der Waals surface area (Å²) < 4.78 is 7.92. The first-order valence-corrected chi connectivity index (χ1v) is 6.94. The van der Waals surface area contributed by atoms with Crippen molar-refractivity contribution in [3.05, 3.63) is 12.5 Å². The van der Waals surface area contributed by atoms with Gasteiger partial charge in [-0.2, -0.15) is 0 Å². The van der Waals surface area contributed by atoms with Gasteiger partial charge in [0.05, 0.1) is 23.8 Å². The van der Waals surface area contributed by atoms with Crippen molar-refractivity contribution < 1.29 is 9.84 Å². The normalized spacial score (nSPS) is 27.4. The summed E-state index contributed by atoms with van der Waals surface area (Å²) >= 11 is 0. The largest absolute Gasteiger partial charge is 0.394 e. The summed E-state index contributed by atoms with van der Waals surface area (Å²) in [5.41, 5.74) is 7.40. The summed E-state index contributed by atoms with van der Waals surface area (Å²) in [5, 5.41) is 10.2. The molecule has 2 aliphatic heterocycles. The molecule has 110 valence electrons. The molecule has 2 aromatic heterocycles. The molecule has 2 aliphatic rings. The van der Waals surface area contributed by atoms with E-state index in [1.807, 2.05) is 10.8 Å². The van der Waals surface area contributed by atoms with Crippen LogP contribution in [0.5, 0.6) is 0 Å². The number of aromatic nitrogens is 3. The maximum absolute atomic E-state index is 9.30. The monoisotopic (exact) mass is 288 g/mol. The van der Waals surface area contributed by atoms with Crippen LogP contribution < -0.4 is 10.9 Å². The lowest BCUT2D eigenvalue weighted by atomic mass is 10.1. The van der Waals surface area contributed by atoms with Gasteiger partial charge in [0, 0.05) is 12.1 Å². The van der Waals surface area contributed by atoms with Gasteiger partial charge in [0.25, 0.3) is 0 Å². The van der Waals surface area contributed by atoms with Gasteiger partial charge < -0.3 is 14.4 Å². The van der Waals surface area contributed by atoms with Crippen LogP contribution in [0.4, 0.5) is 11.5 Å². The lowest BCUT2D eigenvalue weighted by Gasteiger charge is -2.18. The Kier molecular flexibility index (Phi) is 2.79. The van der Waals surface area contributed by atoms with E-state index in [-0.39, 0.29) is 18.9 Å². The van der Waals surface area contributed by atoms with Crippen molar-refractivity contribution in [2.45, 2.75) is 25.7 Å². The Bertz CT molecular complexity index is 712. The van der Waals surface area contributed by atoms with Crippen LogP contribution in [0.15, 0.2) is 17.5 Å². The Balaban J connectivity index is 1.86. The van der Waals surface area contributed by atoms with Gasteiger partial charge in [0.2, 0.25) is 0 Å². The Morgan fingerprint density at radius 1 is 1.48 bits per heavy atom. The number of aliphatic hydroxyl groups is 1. The van der Waals surface area contributed by atoms with Gasteiger partial charge in [-0.15, -0.1) is 0 Å². The summed E-state index contributed by atoms with van der Waals surface area (Å²) in [6.45, 7) is 2.15. The van der Waals surface area contributed by atoms with E-state index in [1.54, 1.807) is 6.34 Å². The number of rotatable bonds is 2. The van der Waals surface area contributed by atoms with Crippen molar-refractivity contribution >= 4 is 28.9 Å². The molecule has 0 aliphatic carbocycles. The van der Waals surface area contributed by atoms with E-state index in [1.165, 1.54) is 6.33 Å². The minimum absolute atomic E-state index is 0.0385. The Morgan fingerprint density at radius 3 is 3.19 bits per heavy atom. The van der Waals surface area contributed by atoms with Crippen LogP contribution in [0.25, 0.3) is 11.0 Å². The maximum Gasteiger partial charge on any atom is 0.159 e. The molecule has 1 saturated heterocycles. The van der Waals surface area contributed by atoms with Crippen molar-refractivity contribution in [2.75, 3.05) is 12.0 Å². The minimum Gasteiger partial charge on any atom is -0.394 e. The number of nitrogens with zero attached hydrogens (tertiary/aromatic N) is 4. The van der Waals surface area contributed by atoms with Gasteiger partial charge in [-0.3, -0.25) is 10.9 Å². The number of hydrogen-bond donors (Lipinski definition) is 3. The first kappa shape index (κ1) is 12.5. The zero-order chi connectivity index (χ0) is 14.4. The molecule has 4 heterocycles. The zero-order valence-corrected chi connectivity index (χ0v) is 11.5. The second-order valence-corrected chi connectivity index (χ2v) is 5.41. The molecular formula is C13H16N6O2. The van der Waals surface area contributed by atoms with E-state index in [0.717, 1.165) is 23.1 Å². The third kappa shape index (κ3) is 1.87. The number of ether oxygens (including phenoxy) is 1. The quantitative estimate of drug-likeness (QED) is 0.761. The van der Waals surface area contributed by atoms with Crippen molar-refractivity contribution in [3.8, 4) is 0 Å². The van der Waals surface area contributed by atoms with Gasteiger partial charge >= 0.3 is 0 Å². The summed E-state index contributed by atoms with van der Waals surface area (Å²) in [7, 11) is 0. The van der Waals surface area contributed by atoms with Crippen molar-refractivity contribution in [2.24, 2.45) is 10.9 Å². The first-order valence-electron chi connectivity index (χ1n) is 6.94. The maximum atomic E-state index is 9.30. The van der Waals surface area contributed by atoms with Crippen LogP contribution in [-0.2, 0) is 4.74 Å². The number of hydrazine groups is 1. The fourth-order valence-corrected chi connectivity index (χ4v) is 3.03.